The summed E-state index contributed by atoms with van der Waals surface area (Å²) in [5.41, 5.74) is 6.91. The van der Waals surface area contributed by atoms with Gasteiger partial charge in [0.05, 0.1) is 6.10 Å². The molecule has 3 aliphatic rings. The summed E-state index contributed by atoms with van der Waals surface area (Å²) >= 11 is 0. The number of fused-ring (bicyclic) bond motifs is 1. The first-order chi connectivity index (χ1) is 17.0. The number of halogens is 1. The highest BCUT2D eigenvalue weighted by molar-refractivity contribution is 5.85. The molecule has 1 fully saturated rings. The Bertz CT molecular complexity index is 1300. The molecular formula is C29H31FN4O. The Morgan fingerprint density at radius 2 is 2.00 bits per heavy atom. The molecule has 2 aromatic rings. The molecule has 2 aliphatic carbocycles. The molecule has 2 unspecified atom stereocenters. The minimum Gasteiger partial charge on any atom is -0.393 e. The second-order valence-corrected chi connectivity index (χ2v) is 9.54. The van der Waals surface area contributed by atoms with E-state index < -0.39 is 0 Å². The zero-order valence-corrected chi connectivity index (χ0v) is 20.0. The Morgan fingerprint density at radius 1 is 1.17 bits per heavy atom. The van der Waals surface area contributed by atoms with Crippen molar-refractivity contribution in [1.82, 2.24) is 15.0 Å². The molecule has 35 heavy (non-hydrogen) atoms. The van der Waals surface area contributed by atoms with Crippen molar-refractivity contribution in [3.05, 3.63) is 83.4 Å². The number of pyridine rings is 1. The third-order valence-electron chi connectivity index (χ3n) is 6.90. The molecule has 0 saturated heterocycles. The average Bonchev–Trinajstić information content (AvgIpc) is 3.21. The predicted molar refractivity (Wildman–Crippen MR) is 139 cm³/mol. The number of anilines is 1. The van der Waals surface area contributed by atoms with Crippen molar-refractivity contribution in [2.75, 3.05) is 5.32 Å². The molecular weight excluding hydrogens is 439 g/mol. The molecule has 1 aromatic heterocycles. The van der Waals surface area contributed by atoms with E-state index in [1.54, 1.807) is 18.3 Å². The van der Waals surface area contributed by atoms with Gasteiger partial charge in [-0.15, -0.1) is 0 Å². The van der Waals surface area contributed by atoms with E-state index in [0.717, 1.165) is 60.1 Å². The van der Waals surface area contributed by atoms with Gasteiger partial charge in [0.25, 0.3) is 0 Å². The summed E-state index contributed by atoms with van der Waals surface area (Å²) in [4.78, 5) is 12.6. The van der Waals surface area contributed by atoms with E-state index in [-0.39, 0.29) is 18.0 Å². The van der Waals surface area contributed by atoms with Crippen LogP contribution in [0.5, 0.6) is 0 Å². The molecule has 0 amide bonds. The average molecular weight is 471 g/mol. The molecule has 0 spiro atoms. The molecule has 1 aromatic carbocycles. The molecule has 6 heteroatoms. The fraction of sp³-hybridized carbons (Fsp3) is 0.310. The Morgan fingerprint density at radius 3 is 2.77 bits per heavy atom. The van der Waals surface area contributed by atoms with Crippen LogP contribution in [0, 0.1) is 12.7 Å². The van der Waals surface area contributed by atoms with Gasteiger partial charge in [-0.25, -0.2) is 14.4 Å². The summed E-state index contributed by atoms with van der Waals surface area (Å²) in [5, 5.41) is 13.6. The number of nitrogens with one attached hydrogen (secondary N) is 2. The highest BCUT2D eigenvalue weighted by Crippen LogP contribution is 2.38. The number of benzene rings is 1. The molecule has 2 heterocycles. The highest BCUT2D eigenvalue weighted by atomic mass is 19.1. The first kappa shape index (κ1) is 23.2. The number of hydrogen-bond acceptors (Lipinski definition) is 4. The number of aliphatic hydroxyl groups is 1. The van der Waals surface area contributed by atoms with Gasteiger partial charge in [0, 0.05) is 40.8 Å². The number of nitrogens with zero attached hydrogens (tertiary/aromatic N) is 2. The Balaban J connectivity index is 1.48. The van der Waals surface area contributed by atoms with Crippen LogP contribution in [0.3, 0.4) is 0 Å². The number of H-pyrrole nitrogens is 1. The molecule has 1 saturated carbocycles. The Hall–Kier alpha value is -3.51. The standard InChI is InChI=1S/C29H31FN4O/c1-3-20-16-32-29(34-28(20)33-23-5-4-6-24(35)15-23)26-13-21(27-25(26)14-22(30)17-31-27)12-11-19-9-7-18(2)8-10-19/h3,7-10,13-14,16-17,23-24,31,35H,1,4-6,11-12,15H2,2H3,(H,32,33,34). The van der Waals surface area contributed by atoms with Crippen LogP contribution in [0.2, 0.25) is 0 Å². The maximum Gasteiger partial charge on any atom is 0.162 e. The number of hydrogen-bond donors (Lipinski definition) is 3. The van der Waals surface area contributed by atoms with Crippen LogP contribution in [-0.2, 0) is 12.8 Å². The molecule has 0 bridgehead atoms. The van der Waals surface area contributed by atoms with Gasteiger partial charge in [-0.05, 0) is 68.7 Å². The molecule has 5 rings (SSSR count). The van der Waals surface area contributed by atoms with Crippen LogP contribution in [0.1, 0.15) is 47.9 Å². The second kappa shape index (κ2) is 10.0. The van der Waals surface area contributed by atoms with Crippen LogP contribution in [0.4, 0.5) is 10.2 Å². The van der Waals surface area contributed by atoms with E-state index in [9.17, 15) is 9.50 Å². The quantitative estimate of drug-likeness (QED) is 0.302. The topological polar surface area (TPSA) is 73.8 Å². The lowest BCUT2D eigenvalue weighted by Crippen LogP contribution is -2.30. The van der Waals surface area contributed by atoms with Gasteiger partial charge in [-0.1, -0.05) is 42.5 Å². The van der Waals surface area contributed by atoms with E-state index in [1.165, 1.54) is 17.3 Å². The zero-order valence-electron chi connectivity index (χ0n) is 20.0. The van der Waals surface area contributed by atoms with Gasteiger partial charge in [-0.2, -0.15) is 0 Å². The maximum atomic E-state index is 14.3. The molecule has 0 radical (unpaired) electrons. The van der Waals surface area contributed by atoms with Crippen LogP contribution in [0.25, 0.3) is 28.7 Å². The lowest BCUT2D eigenvalue weighted by molar-refractivity contribution is 0.124. The fourth-order valence-electron chi connectivity index (χ4n) is 4.96. The number of aromatic amines is 1. The van der Waals surface area contributed by atoms with Gasteiger partial charge in [0.1, 0.15) is 11.6 Å². The smallest absolute Gasteiger partial charge is 0.162 e. The van der Waals surface area contributed by atoms with Gasteiger partial charge in [-0.3, -0.25) is 0 Å². The first-order valence-electron chi connectivity index (χ1n) is 12.3. The van der Waals surface area contributed by atoms with E-state index in [0.29, 0.717) is 18.1 Å². The summed E-state index contributed by atoms with van der Waals surface area (Å²) in [6, 6.07) is 12.3. The maximum absolute atomic E-state index is 14.3. The summed E-state index contributed by atoms with van der Waals surface area (Å²) in [6.07, 6.45) is 9.79. The van der Waals surface area contributed by atoms with Crippen molar-refractivity contribution < 1.29 is 9.50 Å². The number of aromatic nitrogens is 3. The van der Waals surface area contributed by atoms with Gasteiger partial charge < -0.3 is 15.4 Å². The lowest BCUT2D eigenvalue weighted by atomic mass is 9.93. The minimum absolute atomic E-state index is 0.146. The lowest BCUT2D eigenvalue weighted by Gasteiger charge is -2.27. The van der Waals surface area contributed by atoms with E-state index >= 15 is 0 Å². The number of aliphatic hydroxyl groups excluding tert-OH is 1. The SMILES string of the molecule is C=Cc1cnc(-c2cc(CCc3ccc(C)cc3)c3[nH]cc(F)cc2-3)nc1NC1CCCC(O)C1. The van der Waals surface area contributed by atoms with Crippen molar-refractivity contribution in [3.8, 4) is 22.6 Å². The monoisotopic (exact) mass is 470 g/mol. The second-order valence-electron chi connectivity index (χ2n) is 9.54. The summed E-state index contributed by atoms with van der Waals surface area (Å²) in [7, 11) is 0. The van der Waals surface area contributed by atoms with Crippen LogP contribution in [0.15, 0.2) is 55.4 Å². The van der Waals surface area contributed by atoms with Crippen molar-refractivity contribution >= 4 is 11.9 Å². The van der Waals surface area contributed by atoms with Crippen LogP contribution in [-0.4, -0.2) is 32.2 Å². The Labute approximate surface area is 205 Å². The van der Waals surface area contributed by atoms with Crippen molar-refractivity contribution in [2.24, 2.45) is 0 Å². The van der Waals surface area contributed by atoms with E-state index in [1.807, 2.05) is 0 Å². The molecule has 3 N–H and O–H groups in total. The highest BCUT2D eigenvalue weighted by Gasteiger charge is 2.23. The minimum atomic E-state index is -0.327. The summed E-state index contributed by atoms with van der Waals surface area (Å²) in [5.74, 6) is 0.909. The number of aryl methyl sites for hydroxylation is 3. The molecule has 5 nitrogen and oxygen atoms in total. The van der Waals surface area contributed by atoms with Crippen molar-refractivity contribution in [2.45, 2.75) is 57.6 Å². The third kappa shape index (κ3) is 5.13. The van der Waals surface area contributed by atoms with Gasteiger partial charge >= 0.3 is 0 Å². The van der Waals surface area contributed by atoms with Crippen LogP contribution >= 0.6 is 0 Å². The zero-order chi connectivity index (χ0) is 24.4. The van der Waals surface area contributed by atoms with Gasteiger partial charge in [0.2, 0.25) is 0 Å². The van der Waals surface area contributed by atoms with Crippen molar-refractivity contribution in [1.29, 1.82) is 0 Å². The summed E-state index contributed by atoms with van der Waals surface area (Å²) in [6.45, 7) is 5.99. The summed E-state index contributed by atoms with van der Waals surface area (Å²) < 4.78 is 14.3. The van der Waals surface area contributed by atoms with Gasteiger partial charge in [0.15, 0.2) is 5.82 Å². The van der Waals surface area contributed by atoms with Crippen LogP contribution < -0.4 is 5.32 Å². The molecule has 2 atom stereocenters. The Kier molecular flexibility index (Phi) is 6.64. The fourth-order valence-corrected chi connectivity index (χ4v) is 4.96. The van der Waals surface area contributed by atoms with E-state index in [4.69, 9.17) is 4.98 Å². The first-order valence-corrected chi connectivity index (χ1v) is 12.3. The third-order valence-corrected chi connectivity index (χ3v) is 6.90. The normalized spacial score (nSPS) is 18.0. The molecule has 1 aliphatic heterocycles. The van der Waals surface area contributed by atoms with E-state index in [2.05, 4.69) is 59.1 Å². The predicted octanol–water partition coefficient (Wildman–Crippen LogP) is 6.17. The largest absolute Gasteiger partial charge is 0.393 e. The molecule has 180 valence electrons. The van der Waals surface area contributed by atoms with Crippen molar-refractivity contribution in [3.63, 3.8) is 0 Å². The number of rotatable bonds is 7.